The summed E-state index contributed by atoms with van der Waals surface area (Å²) in [6, 6.07) is 4.56. The van der Waals surface area contributed by atoms with Crippen LogP contribution < -0.4 is 19.8 Å². The summed E-state index contributed by atoms with van der Waals surface area (Å²) in [5.74, 6) is -4.71. The van der Waals surface area contributed by atoms with E-state index in [1.165, 1.54) is 18.6 Å². The molecule has 1 aromatic carbocycles. The number of esters is 5. The largest absolute Gasteiger partial charge is 0.493 e. The first-order valence-corrected chi connectivity index (χ1v) is 15.7. The first-order valence-electron chi connectivity index (χ1n) is 15.7. The van der Waals surface area contributed by atoms with Crippen molar-refractivity contribution in [3.05, 3.63) is 28.6 Å². The van der Waals surface area contributed by atoms with Crippen LogP contribution in [0.4, 0.5) is 0 Å². The molecule has 0 saturated carbocycles. The van der Waals surface area contributed by atoms with E-state index in [9.17, 15) is 28.8 Å². The number of benzene rings is 1. The second kappa shape index (κ2) is 18.0. The normalized spacial score (nSPS) is 20.3. The zero-order valence-electron chi connectivity index (χ0n) is 27.9. The summed E-state index contributed by atoms with van der Waals surface area (Å²) in [6.07, 6.45) is -1.22. The van der Waals surface area contributed by atoms with Crippen molar-refractivity contribution in [2.45, 2.75) is 111 Å². The van der Waals surface area contributed by atoms with E-state index in [0.717, 1.165) is 66.7 Å². The van der Waals surface area contributed by atoms with Gasteiger partial charge in [-0.25, -0.2) is 4.79 Å². The molecule has 1 saturated heterocycles. The van der Waals surface area contributed by atoms with Crippen molar-refractivity contribution in [1.82, 2.24) is 0 Å². The molecule has 15 nitrogen and oxygen atoms in total. The predicted octanol–water partition coefficient (Wildman–Crippen LogP) is 3.92. The van der Waals surface area contributed by atoms with Crippen LogP contribution in [-0.4, -0.2) is 73.8 Å². The van der Waals surface area contributed by atoms with Crippen molar-refractivity contribution in [1.29, 1.82) is 0 Å². The Hall–Kier alpha value is -4.66. The fourth-order valence-corrected chi connectivity index (χ4v) is 5.05. The van der Waals surface area contributed by atoms with E-state index in [4.69, 9.17) is 42.3 Å². The molecule has 1 fully saturated rings. The Labute approximate surface area is 277 Å². The van der Waals surface area contributed by atoms with E-state index in [2.05, 4.69) is 6.92 Å². The Kier molecular flexibility index (Phi) is 14.2. The van der Waals surface area contributed by atoms with E-state index >= 15 is 0 Å². The molecule has 3 rings (SSSR count). The molecule has 2 aromatic rings. The molecule has 0 amide bonds. The molecule has 5 atom stereocenters. The van der Waals surface area contributed by atoms with Gasteiger partial charge >= 0.3 is 35.5 Å². The summed E-state index contributed by atoms with van der Waals surface area (Å²) in [5.41, 5.74) is -1.09. The highest BCUT2D eigenvalue weighted by atomic mass is 16.7. The Bertz CT molecular complexity index is 1510. The van der Waals surface area contributed by atoms with Gasteiger partial charge in [0.15, 0.2) is 18.0 Å². The molecule has 0 unspecified atom stereocenters. The lowest BCUT2D eigenvalue weighted by atomic mass is 9.98. The van der Waals surface area contributed by atoms with Crippen molar-refractivity contribution in [3.8, 4) is 17.2 Å². The van der Waals surface area contributed by atoms with Crippen molar-refractivity contribution < 1.29 is 66.3 Å². The third-order valence-corrected chi connectivity index (χ3v) is 6.99. The number of unbranched alkanes of at least 4 members (excludes halogenated alkanes) is 5. The average Bonchev–Trinajstić information content (AvgIpc) is 2.99. The number of carbonyl (C=O) groups excluding carboxylic acids is 5. The molecular formula is C33H42O15. The van der Waals surface area contributed by atoms with Gasteiger partial charge in [-0.3, -0.25) is 24.0 Å². The highest BCUT2D eigenvalue weighted by molar-refractivity contribution is 5.87. The van der Waals surface area contributed by atoms with E-state index in [0.29, 0.717) is 12.4 Å². The number of hydrogen-bond acceptors (Lipinski definition) is 15. The number of fused-ring (bicyclic) bond motifs is 1. The molecule has 0 spiro atoms. The molecule has 0 bridgehead atoms. The molecule has 1 aromatic heterocycles. The number of carbonyl (C=O) groups is 5. The van der Waals surface area contributed by atoms with Crippen LogP contribution in [0.15, 0.2) is 27.4 Å². The van der Waals surface area contributed by atoms with E-state index in [1.54, 1.807) is 6.07 Å². The van der Waals surface area contributed by atoms with Gasteiger partial charge < -0.3 is 42.3 Å². The second-order valence-electron chi connectivity index (χ2n) is 11.1. The minimum absolute atomic E-state index is 0.00279. The van der Waals surface area contributed by atoms with Gasteiger partial charge in [-0.2, -0.15) is 0 Å². The van der Waals surface area contributed by atoms with Crippen LogP contribution in [0.3, 0.4) is 0 Å². The summed E-state index contributed by atoms with van der Waals surface area (Å²) in [7, 11) is 0. The predicted molar refractivity (Wildman–Crippen MR) is 165 cm³/mol. The molecule has 15 heteroatoms. The zero-order valence-corrected chi connectivity index (χ0v) is 27.9. The van der Waals surface area contributed by atoms with Gasteiger partial charge in [-0.1, -0.05) is 39.0 Å². The van der Waals surface area contributed by atoms with E-state index < -0.39 is 78.5 Å². The first kappa shape index (κ1) is 37.8. The molecule has 2 heterocycles. The standard InChI is InChI=1S/C33H42O15/c1-7-8-9-10-11-12-15-40-23-13-14-24-25(16-23)46-32(39)30(44-21(5)37)27(24)48-33-31(45-22(6)38)29(43-20(4)36)28(42-19(3)35)26(47-33)17-41-18(2)34/h13-14,16,26,28-29,31,33H,7-12,15,17H2,1-6H3/t26-,28+,29+,31-,33+/m1/s1. The quantitative estimate of drug-likeness (QED) is 0.107. The number of rotatable bonds is 16. The smallest absolute Gasteiger partial charge is 0.383 e. The molecule has 1 aliphatic rings. The van der Waals surface area contributed by atoms with Gasteiger partial charge in [0.1, 0.15) is 24.0 Å². The van der Waals surface area contributed by atoms with Gasteiger partial charge in [0.25, 0.3) is 5.75 Å². The van der Waals surface area contributed by atoms with Crippen LogP contribution in [0.1, 0.15) is 80.1 Å². The third-order valence-electron chi connectivity index (χ3n) is 6.99. The van der Waals surface area contributed by atoms with Crippen LogP contribution in [0.25, 0.3) is 11.0 Å². The Balaban J connectivity index is 2.06. The van der Waals surface area contributed by atoms with Crippen molar-refractivity contribution in [3.63, 3.8) is 0 Å². The summed E-state index contributed by atoms with van der Waals surface area (Å²) < 4.78 is 50.0. The lowest BCUT2D eigenvalue weighted by Crippen LogP contribution is -2.63. The zero-order chi connectivity index (χ0) is 35.4. The van der Waals surface area contributed by atoms with Gasteiger partial charge in [0.05, 0.1) is 12.0 Å². The van der Waals surface area contributed by atoms with Crippen LogP contribution in [0, 0.1) is 0 Å². The lowest BCUT2D eigenvalue weighted by Gasteiger charge is -2.44. The minimum Gasteiger partial charge on any atom is -0.493 e. The van der Waals surface area contributed by atoms with Gasteiger partial charge in [-0.05, 0) is 18.6 Å². The lowest BCUT2D eigenvalue weighted by molar-refractivity contribution is -0.288. The van der Waals surface area contributed by atoms with Crippen molar-refractivity contribution in [2.75, 3.05) is 13.2 Å². The summed E-state index contributed by atoms with van der Waals surface area (Å²) in [6.45, 7) is 7.49. The molecule has 1 aliphatic heterocycles. The van der Waals surface area contributed by atoms with E-state index in [-0.39, 0.29) is 16.7 Å². The SMILES string of the molecule is CCCCCCCCOc1ccc2c(O[C@@H]3O[C@H](COC(C)=O)[C@H](OC(C)=O)[C@H](OC(C)=O)[C@H]3OC(C)=O)c(OC(C)=O)c(=O)oc2c1. The topological polar surface area (TPSA) is 189 Å². The summed E-state index contributed by atoms with van der Waals surface area (Å²) in [5, 5.41) is 0.130. The van der Waals surface area contributed by atoms with Crippen LogP contribution in [0.5, 0.6) is 17.2 Å². The number of hydrogen-bond donors (Lipinski definition) is 0. The maximum atomic E-state index is 13.1. The highest BCUT2D eigenvalue weighted by Crippen LogP contribution is 2.38. The fourth-order valence-electron chi connectivity index (χ4n) is 5.05. The molecular weight excluding hydrogens is 636 g/mol. The maximum Gasteiger partial charge on any atom is 0.383 e. The molecule has 0 radical (unpaired) electrons. The molecule has 48 heavy (non-hydrogen) atoms. The minimum atomic E-state index is -1.71. The monoisotopic (exact) mass is 678 g/mol. The van der Waals surface area contributed by atoms with Crippen LogP contribution >= 0.6 is 0 Å². The van der Waals surface area contributed by atoms with Gasteiger partial charge in [-0.15, -0.1) is 0 Å². The van der Waals surface area contributed by atoms with Crippen LogP contribution in [0.2, 0.25) is 0 Å². The summed E-state index contributed by atoms with van der Waals surface area (Å²) >= 11 is 0. The Morgan fingerprint density at radius 1 is 0.729 bits per heavy atom. The summed E-state index contributed by atoms with van der Waals surface area (Å²) in [4.78, 5) is 73.4. The molecule has 264 valence electrons. The Morgan fingerprint density at radius 3 is 1.98 bits per heavy atom. The highest BCUT2D eigenvalue weighted by Gasteiger charge is 2.53. The molecule has 0 aliphatic carbocycles. The third kappa shape index (κ3) is 11.0. The van der Waals surface area contributed by atoms with Gasteiger partial charge in [0, 0.05) is 40.7 Å². The van der Waals surface area contributed by atoms with E-state index in [1.807, 2.05) is 0 Å². The molecule has 0 N–H and O–H groups in total. The van der Waals surface area contributed by atoms with Crippen LogP contribution in [-0.2, 0) is 47.7 Å². The van der Waals surface area contributed by atoms with Gasteiger partial charge in [0.2, 0.25) is 12.4 Å². The average molecular weight is 679 g/mol. The number of ether oxygens (including phenoxy) is 8. The maximum absolute atomic E-state index is 13.1. The second-order valence-corrected chi connectivity index (χ2v) is 11.1. The van der Waals surface area contributed by atoms with Crippen molar-refractivity contribution >= 4 is 40.8 Å². The fraction of sp³-hybridized carbons (Fsp3) is 0.576. The Morgan fingerprint density at radius 2 is 1.35 bits per heavy atom. The first-order chi connectivity index (χ1) is 22.8. The van der Waals surface area contributed by atoms with Crippen molar-refractivity contribution in [2.24, 2.45) is 0 Å².